The van der Waals surface area contributed by atoms with E-state index in [0.717, 1.165) is 4.38 Å². The molecule has 2 nitrogen and oxygen atoms in total. The maximum Gasteiger partial charge on any atom is 0.278 e. The summed E-state index contributed by atoms with van der Waals surface area (Å²) >= 11 is 3.62. The molecule has 1 amide bonds. The molecule has 2 unspecified atom stereocenters. The van der Waals surface area contributed by atoms with E-state index < -0.39 is 0 Å². The third-order valence-electron chi connectivity index (χ3n) is 3.36. The highest BCUT2D eigenvalue weighted by molar-refractivity contribution is 8.42. The summed E-state index contributed by atoms with van der Waals surface area (Å²) < 4.78 is 0.973. The van der Waals surface area contributed by atoms with Crippen molar-refractivity contribution in [3.8, 4) is 0 Å². The summed E-state index contributed by atoms with van der Waals surface area (Å²) in [5.41, 5.74) is 0.682. The topological polar surface area (TPSA) is 29.4 Å². The molecule has 1 saturated carbocycles. The fraction of sp³-hybridized carbons (Fsp3) is 0.429. The van der Waals surface area contributed by atoms with Crippen molar-refractivity contribution in [3.63, 3.8) is 0 Å². The Morgan fingerprint density at radius 3 is 2.28 bits per heavy atom. The van der Waals surface area contributed by atoms with Gasteiger partial charge in [0.2, 0.25) is 0 Å². The number of aliphatic imine (C=N–C) groups is 1. The summed E-state index contributed by atoms with van der Waals surface area (Å²) in [7, 11) is 0. The van der Waals surface area contributed by atoms with Gasteiger partial charge in [-0.3, -0.25) is 4.79 Å². The second-order valence-corrected chi connectivity index (χ2v) is 7.36. The minimum absolute atomic E-state index is 0.107. The Kier molecular flexibility index (Phi) is 3.75. The van der Waals surface area contributed by atoms with Gasteiger partial charge in [-0.1, -0.05) is 54.6 Å². The van der Waals surface area contributed by atoms with Crippen LogP contribution in [0, 0.1) is 0 Å². The third kappa shape index (κ3) is 2.64. The minimum Gasteiger partial charge on any atom is -0.267 e. The normalized spacial score (nSPS) is 26.8. The molecule has 1 saturated heterocycles. The highest BCUT2D eigenvalue weighted by atomic mass is 32.2. The van der Waals surface area contributed by atoms with Gasteiger partial charge in [-0.05, 0) is 25.0 Å². The monoisotopic (exact) mass is 277 g/mol. The molecule has 4 heteroatoms. The van der Waals surface area contributed by atoms with Crippen molar-refractivity contribution < 1.29 is 4.79 Å². The average molecular weight is 277 g/mol. The zero-order valence-electron chi connectivity index (χ0n) is 10.0. The molecule has 0 radical (unpaired) electrons. The SMILES string of the molecule is O=C(N=C1SC2CCCCC2S1)c1ccccc1. The van der Waals surface area contributed by atoms with Crippen LogP contribution in [0.3, 0.4) is 0 Å². The fourth-order valence-electron chi connectivity index (χ4n) is 2.40. The Labute approximate surface area is 116 Å². The van der Waals surface area contributed by atoms with Crippen LogP contribution in [-0.2, 0) is 0 Å². The summed E-state index contributed by atoms with van der Waals surface area (Å²) in [5.74, 6) is -0.107. The number of rotatable bonds is 1. The maximum atomic E-state index is 12.0. The summed E-state index contributed by atoms with van der Waals surface area (Å²) in [6.45, 7) is 0. The van der Waals surface area contributed by atoms with E-state index in [-0.39, 0.29) is 5.91 Å². The lowest BCUT2D eigenvalue weighted by Crippen LogP contribution is -2.19. The molecule has 0 aromatic heterocycles. The molecule has 2 atom stereocenters. The molecule has 3 rings (SSSR count). The number of hydrogen-bond donors (Lipinski definition) is 0. The van der Waals surface area contributed by atoms with Crippen molar-refractivity contribution >= 4 is 33.8 Å². The van der Waals surface area contributed by atoms with Crippen molar-refractivity contribution in [2.45, 2.75) is 36.2 Å². The van der Waals surface area contributed by atoms with Gasteiger partial charge >= 0.3 is 0 Å². The Bertz CT molecular complexity index is 456. The molecule has 2 aliphatic rings. The Morgan fingerprint density at radius 2 is 1.67 bits per heavy atom. The molecule has 1 aromatic carbocycles. The van der Waals surface area contributed by atoms with Gasteiger partial charge in [0.05, 0.1) is 0 Å². The predicted molar refractivity (Wildman–Crippen MR) is 79.4 cm³/mol. The molecule has 0 N–H and O–H groups in total. The van der Waals surface area contributed by atoms with Gasteiger partial charge in [-0.25, -0.2) is 0 Å². The van der Waals surface area contributed by atoms with E-state index in [2.05, 4.69) is 4.99 Å². The summed E-state index contributed by atoms with van der Waals surface area (Å²) in [5, 5.41) is 1.37. The number of amides is 1. The van der Waals surface area contributed by atoms with Crippen LogP contribution in [0.1, 0.15) is 36.0 Å². The summed E-state index contributed by atoms with van der Waals surface area (Å²) in [4.78, 5) is 16.3. The fourth-order valence-corrected chi connectivity index (χ4v) is 5.63. The van der Waals surface area contributed by atoms with Gasteiger partial charge < -0.3 is 0 Å². The van der Waals surface area contributed by atoms with E-state index in [0.29, 0.717) is 16.1 Å². The zero-order chi connectivity index (χ0) is 12.4. The summed E-state index contributed by atoms with van der Waals surface area (Å²) in [6, 6.07) is 9.31. The number of carbonyl (C=O) groups excluding carboxylic acids is 1. The van der Waals surface area contributed by atoms with Gasteiger partial charge in [0.1, 0.15) is 4.38 Å². The second-order valence-electron chi connectivity index (χ2n) is 4.65. The largest absolute Gasteiger partial charge is 0.278 e. The molecule has 2 fully saturated rings. The van der Waals surface area contributed by atoms with Crippen LogP contribution in [0.2, 0.25) is 0 Å². The van der Waals surface area contributed by atoms with Gasteiger partial charge in [-0.2, -0.15) is 4.99 Å². The van der Waals surface area contributed by atoms with Crippen molar-refractivity contribution in [2.75, 3.05) is 0 Å². The number of thioether (sulfide) groups is 2. The Balaban J connectivity index is 1.72. The lowest BCUT2D eigenvalue weighted by atomic mass is 10.00. The summed E-state index contributed by atoms with van der Waals surface area (Å²) in [6.07, 6.45) is 5.21. The Hall–Kier alpha value is -0.740. The molecule has 94 valence electrons. The molecule has 1 aliphatic carbocycles. The van der Waals surface area contributed by atoms with Crippen molar-refractivity contribution in [1.29, 1.82) is 0 Å². The molecule has 1 aliphatic heterocycles. The Morgan fingerprint density at radius 1 is 1.06 bits per heavy atom. The van der Waals surface area contributed by atoms with Crippen molar-refractivity contribution in [1.82, 2.24) is 0 Å². The van der Waals surface area contributed by atoms with Gasteiger partial charge in [0, 0.05) is 16.1 Å². The number of carbonyl (C=O) groups is 1. The maximum absolute atomic E-state index is 12.0. The minimum atomic E-state index is -0.107. The van der Waals surface area contributed by atoms with Gasteiger partial charge in [0.15, 0.2) is 0 Å². The van der Waals surface area contributed by atoms with Crippen LogP contribution in [-0.4, -0.2) is 20.8 Å². The molecule has 0 bridgehead atoms. The number of fused-ring (bicyclic) bond motifs is 1. The lowest BCUT2D eigenvalue weighted by molar-refractivity contribution is 0.100. The molecule has 0 spiro atoms. The third-order valence-corrected chi connectivity index (χ3v) is 6.43. The predicted octanol–water partition coefficient (Wildman–Crippen LogP) is 3.97. The molecular formula is C14H15NOS2. The molecule has 18 heavy (non-hydrogen) atoms. The van der Waals surface area contributed by atoms with E-state index in [9.17, 15) is 4.79 Å². The molecule has 1 heterocycles. The quantitative estimate of drug-likeness (QED) is 0.777. The number of hydrogen-bond acceptors (Lipinski definition) is 3. The smallest absolute Gasteiger partial charge is 0.267 e. The van der Waals surface area contributed by atoms with Crippen LogP contribution in [0.4, 0.5) is 0 Å². The first-order valence-electron chi connectivity index (χ1n) is 6.34. The number of nitrogens with zero attached hydrogens (tertiary/aromatic N) is 1. The first kappa shape index (κ1) is 12.3. The highest BCUT2D eigenvalue weighted by Crippen LogP contribution is 2.46. The van der Waals surface area contributed by atoms with Gasteiger partial charge in [0.25, 0.3) is 5.91 Å². The zero-order valence-corrected chi connectivity index (χ0v) is 11.7. The second kappa shape index (κ2) is 5.49. The van der Waals surface area contributed by atoms with E-state index in [1.165, 1.54) is 25.7 Å². The highest BCUT2D eigenvalue weighted by Gasteiger charge is 2.35. The first-order chi connectivity index (χ1) is 8.83. The van der Waals surface area contributed by atoms with Crippen LogP contribution in [0.15, 0.2) is 35.3 Å². The average Bonchev–Trinajstić information content (AvgIpc) is 2.82. The van der Waals surface area contributed by atoms with Crippen LogP contribution in [0.5, 0.6) is 0 Å². The molecule has 1 aromatic rings. The van der Waals surface area contributed by atoms with Gasteiger partial charge in [-0.15, -0.1) is 0 Å². The van der Waals surface area contributed by atoms with E-state index in [1.54, 1.807) is 0 Å². The standard InChI is InChI=1S/C14H15NOS2/c16-13(10-6-2-1-3-7-10)15-14-17-11-8-4-5-9-12(11)18-14/h1-3,6-7,11-12H,4-5,8-9H2. The van der Waals surface area contributed by atoms with Crippen LogP contribution >= 0.6 is 23.5 Å². The van der Waals surface area contributed by atoms with E-state index in [1.807, 2.05) is 53.9 Å². The number of benzene rings is 1. The lowest BCUT2D eigenvalue weighted by Gasteiger charge is -2.21. The van der Waals surface area contributed by atoms with Crippen molar-refractivity contribution in [3.05, 3.63) is 35.9 Å². The van der Waals surface area contributed by atoms with E-state index in [4.69, 9.17) is 0 Å². The van der Waals surface area contributed by atoms with Crippen LogP contribution < -0.4 is 0 Å². The van der Waals surface area contributed by atoms with Crippen LogP contribution in [0.25, 0.3) is 0 Å². The first-order valence-corrected chi connectivity index (χ1v) is 8.10. The van der Waals surface area contributed by atoms with Crippen molar-refractivity contribution in [2.24, 2.45) is 4.99 Å². The van der Waals surface area contributed by atoms with E-state index >= 15 is 0 Å². The molecular weight excluding hydrogens is 262 g/mol.